The minimum Gasteiger partial charge on any atom is -0.467 e. The number of carbonyl (C=O) groups is 1. The Morgan fingerprint density at radius 3 is 2.36 bits per heavy atom. The van der Waals surface area contributed by atoms with Gasteiger partial charge in [-0.15, -0.1) is 0 Å². The van der Waals surface area contributed by atoms with Gasteiger partial charge in [0.2, 0.25) is 0 Å². The predicted molar refractivity (Wildman–Crippen MR) is 35.9 cm³/mol. The summed E-state index contributed by atoms with van der Waals surface area (Å²) >= 11 is 0. The van der Waals surface area contributed by atoms with Gasteiger partial charge in [0.25, 0.3) is 0 Å². The molecule has 0 fully saturated rings. The monoisotopic (exact) mass is 164 g/mol. The standard InChI is InChI=1S/C6H12O5/c1-10-3-4(7)5(8)6(9)11-2/h4-5,7-8H,3H2,1-2H3/t4-,5+/m0/s1. The van der Waals surface area contributed by atoms with Crippen molar-refractivity contribution in [1.29, 1.82) is 0 Å². The van der Waals surface area contributed by atoms with Crippen LogP contribution in [0.3, 0.4) is 0 Å². The zero-order valence-electron chi connectivity index (χ0n) is 6.48. The van der Waals surface area contributed by atoms with Crippen molar-refractivity contribution >= 4 is 5.97 Å². The minimum absolute atomic E-state index is 0.101. The SMILES string of the molecule is COC[C@H](O)[C@@H](O)C(=O)OC. The van der Waals surface area contributed by atoms with Crippen molar-refractivity contribution in [2.75, 3.05) is 20.8 Å². The quantitative estimate of drug-likeness (QED) is 0.496. The average molecular weight is 164 g/mol. The van der Waals surface area contributed by atoms with Gasteiger partial charge < -0.3 is 19.7 Å². The van der Waals surface area contributed by atoms with E-state index in [-0.39, 0.29) is 6.61 Å². The number of carbonyl (C=O) groups excluding carboxylic acids is 1. The molecule has 0 bridgehead atoms. The second-order valence-electron chi connectivity index (χ2n) is 1.99. The van der Waals surface area contributed by atoms with Crippen molar-refractivity contribution in [2.45, 2.75) is 12.2 Å². The van der Waals surface area contributed by atoms with Crippen LogP contribution in [0, 0.1) is 0 Å². The Morgan fingerprint density at radius 1 is 1.45 bits per heavy atom. The second kappa shape index (κ2) is 5.06. The molecule has 0 aromatic rings. The summed E-state index contributed by atoms with van der Waals surface area (Å²) in [7, 11) is 2.48. The normalized spacial score (nSPS) is 15.6. The fourth-order valence-electron chi connectivity index (χ4n) is 0.540. The van der Waals surface area contributed by atoms with E-state index < -0.39 is 18.2 Å². The highest BCUT2D eigenvalue weighted by molar-refractivity contribution is 5.74. The van der Waals surface area contributed by atoms with Crippen LogP contribution in [0.2, 0.25) is 0 Å². The van der Waals surface area contributed by atoms with Crippen molar-refractivity contribution in [3.8, 4) is 0 Å². The van der Waals surface area contributed by atoms with Crippen LogP contribution >= 0.6 is 0 Å². The molecule has 0 aromatic carbocycles. The number of rotatable bonds is 4. The van der Waals surface area contributed by atoms with Gasteiger partial charge in [-0.3, -0.25) is 0 Å². The predicted octanol–water partition coefficient (Wildman–Crippen LogP) is -1.47. The molecule has 0 unspecified atom stereocenters. The molecule has 0 spiro atoms. The maximum atomic E-state index is 10.5. The van der Waals surface area contributed by atoms with Gasteiger partial charge in [0.1, 0.15) is 6.10 Å². The highest BCUT2D eigenvalue weighted by Crippen LogP contribution is 1.95. The molecule has 0 radical (unpaired) electrons. The molecule has 0 aliphatic heterocycles. The van der Waals surface area contributed by atoms with Crippen molar-refractivity contribution < 1.29 is 24.5 Å². The van der Waals surface area contributed by atoms with Gasteiger partial charge in [-0.05, 0) is 0 Å². The van der Waals surface area contributed by atoms with Gasteiger partial charge >= 0.3 is 5.97 Å². The van der Waals surface area contributed by atoms with Gasteiger partial charge in [0.05, 0.1) is 13.7 Å². The van der Waals surface area contributed by atoms with Crippen LogP contribution in [0.4, 0.5) is 0 Å². The summed E-state index contributed by atoms with van der Waals surface area (Å²) in [6, 6.07) is 0. The Bertz CT molecular complexity index is 124. The molecule has 0 saturated carbocycles. The maximum absolute atomic E-state index is 10.5. The largest absolute Gasteiger partial charge is 0.467 e. The van der Waals surface area contributed by atoms with Crippen molar-refractivity contribution in [3.05, 3.63) is 0 Å². The highest BCUT2D eigenvalue weighted by Gasteiger charge is 2.24. The Balaban J connectivity index is 3.80. The van der Waals surface area contributed by atoms with E-state index in [0.29, 0.717) is 0 Å². The first kappa shape index (κ1) is 10.3. The molecule has 0 aliphatic carbocycles. The zero-order chi connectivity index (χ0) is 8.85. The second-order valence-corrected chi connectivity index (χ2v) is 1.99. The lowest BCUT2D eigenvalue weighted by atomic mass is 10.2. The van der Waals surface area contributed by atoms with Crippen LogP contribution in [0.25, 0.3) is 0 Å². The van der Waals surface area contributed by atoms with Gasteiger partial charge in [0, 0.05) is 7.11 Å². The Labute approximate surface area is 64.5 Å². The lowest BCUT2D eigenvalue weighted by Gasteiger charge is -2.13. The van der Waals surface area contributed by atoms with Crippen LogP contribution in [-0.4, -0.2) is 49.2 Å². The van der Waals surface area contributed by atoms with Crippen LogP contribution in [0.5, 0.6) is 0 Å². The zero-order valence-corrected chi connectivity index (χ0v) is 6.48. The number of hydrogen-bond donors (Lipinski definition) is 2. The van der Waals surface area contributed by atoms with E-state index in [2.05, 4.69) is 9.47 Å². The maximum Gasteiger partial charge on any atom is 0.337 e. The van der Waals surface area contributed by atoms with Gasteiger partial charge in [-0.1, -0.05) is 0 Å². The smallest absolute Gasteiger partial charge is 0.337 e. The summed E-state index contributed by atoms with van der Waals surface area (Å²) in [5.74, 6) is -0.866. The topological polar surface area (TPSA) is 76.0 Å². The molecule has 5 heteroatoms. The fraction of sp³-hybridized carbons (Fsp3) is 0.833. The number of aliphatic hydroxyl groups is 2. The van der Waals surface area contributed by atoms with Crippen LogP contribution in [-0.2, 0) is 14.3 Å². The molecule has 5 nitrogen and oxygen atoms in total. The molecule has 0 aromatic heterocycles. The summed E-state index contributed by atoms with van der Waals surface area (Å²) in [5.41, 5.74) is 0. The van der Waals surface area contributed by atoms with E-state index in [1.165, 1.54) is 7.11 Å². The molecular weight excluding hydrogens is 152 g/mol. The summed E-state index contributed by atoms with van der Waals surface area (Å²) < 4.78 is 8.68. The Kier molecular flexibility index (Phi) is 4.76. The summed E-state index contributed by atoms with van der Waals surface area (Å²) in [6.07, 6.45) is -2.76. The minimum atomic E-state index is -1.53. The summed E-state index contributed by atoms with van der Waals surface area (Å²) in [6.45, 7) is -0.101. The van der Waals surface area contributed by atoms with E-state index in [9.17, 15) is 4.79 Å². The lowest BCUT2D eigenvalue weighted by Crippen LogP contribution is -2.37. The van der Waals surface area contributed by atoms with Gasteiger partial charge in [-0.25, -0.2) is 4.79 Å². The van der Waals surface area contributed by atoms with Gasteiger partial charge in [-0.2, -0.15) is 0 Å². The van der Waals surface area contributed by atoms with Crippen molar-refractivity contribution in [2.24, 2.45) is 0 Å². The number of methoxy groups -OCH3 is 2. The third kappa shape index (κ3) is 3.31. The van der Waals surface area contributed by atoms with Gasteiger partial charge in [0.15, 0.2) is 6.10 Å². The van der Waals surface area contributed by atoms with E-state index in [1.54, 1.807) is 0 Å². The molecule has 0 aliphatic rings. The fourth-order valence-corrected chi connectivity index (χ4v) is 0.540. The van der Waals surface area contributed by atoms with Crippen LogP contribution in [0.15, 0.2) is 0 Å². The Morgan fingerprint density at radius 2 is 2.00 bits per heavy atom. The van der Waals surface area contributed by atoms with E-state index in [4.69, 9.17) is 10.2 Å². The number of ether oxygens (including phenoxy) is 2. The first-order chi connectivity index (χ1) is 5.13. The first-order valence-electron chi connectivity index (χ1n) is 3.06. The molecule has 11 heavy (non-hydrogen) atoms. The molecule has 0 rings (SSSR count). The van der Waals surface area contributed by atoms with E-state index in [1.807, 2.05) is 0 Å². The molecule has 0 heterocycles. The first-order valence-corrected chi connectivity index (χ1v) is 3.06. The molecular formula is C6H12O5. The number of hydrogen-bond acceptors (Lipinski definition) is 5. The third-order valence-electron chi connectivity index (χ3n) is 1.14. The van der Waals surface area contributed by atoms with Crippen LogP contribution in [0.1, 0.15) is 0 Å². The van der Waals surface area contributed by atoms with Crippen LogP contribution < -0.4 is 0 Å². The molecule has 2 N–H and O–H groups in total. The van der Waals surface area contributed by atoms with Crippen molar-refractivity contribution in [3.63, 3.8) is 0 Å². The average Bonchev–Trinajstić information content (AvgIpc) is 2.02. The van der Waals surface area contributed by atoms with E-state index >= 15 is 0 Å². The number of aliphatic hydroxyl groups excluding tert-OH is 2. The highest BCUT2D eigenvalue weighted by atomic mass is 16.5. The summed E-state index contributed by atoms with van der Waals surface area (Å²) in [5, 5.41) is 17.9. The molecule has 0 amide bonds. The summed E-state index contributed by atoms with van der Waals surface area (Å²) in [4.78, 5) is 10.5. The third-order valence-corrected chi connectivity index (χ3v) is 1.14. The molecule has 2 atom stereocenters. The van der Waals surface area contributed by atoms with E-state index in [0.717, 1.165) is 7.11 Å². The molecule has 0 saturated heterocycles. The number of esters is 1. The lowest BCUT2D eigenvalue weighted by molar-refractivity contribution is -0.158. The van der Waals surface area contributed by atoms with Crippen molar-refractivity contribution in [1.82, 2.24) is 0 Å². The molecule has 66 valence electrons. The Hall–Kier alpha value is -0.650.